The molecule has 1 aromatic heterocycles. The highest BCUT2D eigenvalue weighted by Gasteiger charge is 2.13. The van der Waals surface area contributed by atoms with E-state index in [0.29, 0.717) is 6.61 Å². The van der Waals surface area contributed by atoms with Gasteiger partial charge < -0.3 is 19.1 Å². The molecule has 25 heavy (non-hydrogen) atoms. The Hall–Kier alpha value is -1.85. The summed E-state index contributed by atoms with van der Waals surface area (Å²) in [5, 5.41) is 0. The molecule has 0 saturated carbocycles. The summed E-state index contributed by atoms with van der Waals surface area (Å²) >= 11 is 0. The molecule has 0 N–H and O–H groups in total. The lowest BCUT2D eigenvalue weighted by atomic mass is 10.0. The molecule has 0 amide bonds. The molecule has 0 aliphatic carbocycles. The smallest absolute Gasteiger partial charge is 0.124 e. The Morgan fingerprint density at radius 2 is 2.00 bits per heavy atom. The van der Waals surface area contributed by atoms with Crippen molar-refractivity contribution >= 4 is 0 Å². The summed E-state index contributed by atoms with van der Waals surface area (Å²) in [7, 11) is 2.21. The van der Waals surface area contributed by atoms with E-state index in [2.05, 4.69) is 44.6 Å². The van der Waals surface area contributed by atoms with Crippen molar-refractivity contribution < 1.29 is 4.74 Å². The molecule has 2 heterocycles. The van der Waals surface area contributed by atoms with Gasteiger partial charge in [0.1, 0.15) is 5.75 Å². The van der Waals surface area contributed by atoms with Crippen LogP contribution in [0.25, 0.3) is 0 Å². The summed E-state index contributed by atoms with van der Waals surface area (Å²) in [5.41, 5.74) is 2.63. The van der Waals surface area contributed by atoms with Gasteiger partial charge in [-0.3, -0.25) is 0 Å². The Kier molecular flexibility index (Phi) is 6.48. The maximum atomic E-state index is 5.80. The molecule has 0 bridgehead atoms. The molecular formula is C20H30N4O. The van der Waals surface area contributed by atoms with E-state index in [1.807, 2.05) is 25.6 Å². The van der Waals surface area contributed by atoms with Crippen LogP contribution in [-0.4, -0.2) is 65.7 Å². The molecule has 0 radical (unpaired) electrons. The van der Waals surface area contributed by atoms with E-state index in [-0.39, 0.29) is 0 Å². The molecule has 1 fully saturated rings. The van der Waals surface area contributed by atoms with Crippen molar-refractivity contribution in [1.29, 1.82) is 0 Å². The average molecular weight is 342 g/mol. The van der Waals surface area contributed by atoms with Crippen molar-refractivity contribution in [1.82, 2.24) is 19.4 Å². The monoisotopic (exact) mass is 342 g/mol. The van der Waals surface area contributed by atoms with Crippen LogP contribution in [0.3, 0.4) is 0 Å². The number of piperazine rings is 1. The number of ether oxygens (including phenoxy) is 1. The van der Waals surface area contributed by atoms with Crippen LogP contribution in [0, 0.1) is 0 Å². The Balaban J connectivity index is 1.57. The third kappa shape index (κ3) is 5.31. The number of hydrogen-bond acceptors (Lipinski definition) is 4. The lowest BCUT2D eigenvalue weighted by Gasteiger charge is -2.32. The summed E-state index contributed by atoms with van der Waals surface area (Å²) in [6.45, 7) is 9.51. The van der Waals surface area contributed by atoms with Crippen LogP contribution in [-0.2, 0) is 13.0 Å². The second kappa shape index (κ2) is 9.02. The second-order valence-electron chi connectivity index (χ2n) is 6.86. The van der Waals surface area contributed by atoms with Gasteiger partial charge in [-0.05, 0) is 45.0 Å². The van der Waals surface area contributed by atoms with Gasteiger partial charge in [0, 0.05) is 44.1 Å². The molecule has 1 aliphatic heterocycles. The summed E-state index contributed by atoms with van der Waals surface area (Å²) in [6.07, 6.45) is 8.00. The van der Waals surface area contributed by atoms with E-state index in [1.54, 1.807) is 0 Å². The van der Waals surface area contributed by atoms with Gasteiger partial charge in [-0.2, -0.15) is 0 Å². The fraction of sp³-hybridized carbons (Fsp3) is 0.550. The van der Waals surface area contributed by atoms with Crippen LogP contribution in [0.2, 0.25) is 0 Å². The molecule has 136 valence electrons. The highest BCUT2D eigenvalue weighted by atomic mass is 16.5. The molecular weight excluding hydrogens is 312 g/mol. The first-order chi connectivity index (χ1) is 12.2. The summed E-state index contributed by atoms with van der Waals surface area (Å²) < 4.78 is 7.89. The number of aryl methyl sites for hydroxylation is 1. The maximum Gasteiger partial charge on any atom is 0.124 e. The number of aromatic nitrogens is 2. The number of likely N-dealkylation sites (N-methyl/N-ethyl adjacent to an activating group) is 1. The van der Waals surface area contributed by atoms with Gasteiger partial charge in [0.25, 0.3) is 0 Å². The zero-order valence-corrected chi connectivity index (χ0v) is 15.5. The molecule has 0 atom stereocenters. The van der Waals surface area contributed by atoms with Gasteiger partial charge in [-0.15, -0.1) is 0 Å². The average Bonchev–Trinajstić information content (AvgIpc) is 3.12. The highest BCUT2D eigenvalue weighted by Crippen LogP contribution is 2.22. The second-order valence-corrected chi connectivity index (χ2v) is 6.86. The topological polar surface area (TPSA) is 33.5 Å². The summed E-state index contributed by atoms with van der Waals surface area (Å²) in [5.74, 6) is 0.985. The molecule has 0 unspecified atom stereocenters. The van der Waals surface area contributed by atoms with Crippen molar-refractivity contribution in [3.05, 3.63) is 48.0 Å². The van der Waals surface area contributed by atoms with Crippen LogP contribution < -0.4 is 4.74 Å². The van der Waals surface area contributed by atoms with Crippen molar-refractivity contribution in [3.63, 3.8) is 0 Å². The molecule has 5 heteroatoms. The lowest BCUT2D eigenvalue weighted by Crippen LogP contribution is -2.44. The minimum atomic E-state index is 0.694. The Labute approximate surface area is 151 Å². The first-order valence-corrected chi connectivity index (χ1v) is 9.36. The number of nitrogens with zero attached hydrogens (tertiary/aromatic N) is 4. The molecule has 0 spiro atoms. The zero-order chi connectivity index (χ0) is 17.5. The van der Waals surface area contributed by atoms with Gasteiger partial charge in [-0.25, -0.2) is 4.98 Å². The maximum absolute atomic E-state index is 5.80. The van der Waals surface area contributed by atoms with Crippen molar-refractivity contribution in [2.75, 3.05) is 46.4 Å². The van der Waals surface area contributed by atoms with Gasteiger partial charge in [-0.1, -0.05) is 12.1 Å². The van der Waals surface area contributed by atoms with Gasteiger partial charge in [0.05, 0.1) is 19.5 Å². The minimum Gasteiger partial charge on any atom is -0.494 e. The fourth-order valence-electron chi connectivity index (χ4n) is 3.36. The number of rotatable bonds is 8. The van der Waals surface area contributed by atoms with Crippen LogP contribution in [0.1, 0.15) is 24.5 Å². The van der Waals surface area contributed by atoms with Crippen LogP contribution in [0.5, 0.6) is 5.75 Å². The van der Waals surface area contributed by atoms with E-state index >= 15 is 0 Å². The van der Waals surface area contributed by atoms with E-state index in [4.69, 9.17) is 4.74 Å². The van der Waals surface area contributed by atoms with Crippen LogP contribution in [0.4, 0.5) is 0 Å². The minimum absolute atomic E-state index is 0.694. The normalized spacial score (nSPS) is 16.2. The molecule has 1 aliphatic rings. The third-order valence-electron chi connectivity index (χ3n) is 4.87. The molecule has 1 saturated heterocycles. The van der Waals surface area contributed by atoms with Crippen molar-refractivity contribution in [2.24, 2.45) is 0 Å². The van der Waals surface area contributed by atoms with E-state index in [1.165, 1.54) is 50.3 Å². The number of benzene rings is 1. The van der Waals surface area contributed by atoms with E-state index < -0.39 is 0 Å². The predicted molar refractivity (Wildman–Crippen MR) is 101 cm³/mol. The predicted octanol–water partition coefficient (Wildman–Crippen LogP) is 2.51. The van der Waals surface area contributed by atoms with E-state index in [0.717, 1.165) is 18.7 Å². The Morgan fingerprint density at radius 1 is 1.16 bits per heavy atom. The zero-order valence-electron chi connectivity index (χ0n) is 15.5. The number of hydrogen-bond donors (Lipinski definition) is 0. The van der Waals surface area contributed by atoms with Crippen LogP contribution in [0.15, 0.2) is 36.9 Å². The highest BCUT2D eigenvalue weighted by molar-refractivity contribution is 5.37. The number of imidazole rings is 1. The van der Waals surface area contributed by atoms with Crippen molar-refractivity contribution in [3.8, 4) is 5.75 Å². The fourth-order valence-corrected chi connectivity index (χ4v) is 3.36. The van der Waals surface area contributed by atoms with Gasteiger partial charge >= 0.3 is 0 Å². The Bertz CT molecular complexity index is 633. The molecule has 5 nitrogen and oxygen atoms in total. The van der Waals surface area contributed by atoms with Gasteiger partial charge in [0.15, 0.2) is 0 Å². The first-order valence-electron chi connectivity index (χ1n) is 9.36. The molecule has 3 rings (SSSR count). The quantitative estimate of drug-likeness (QED) is 0.738. The van der Waals surface area contributed by atoms with Crippen molar-refractivity contribution in [2.45, 2.75) is 26.3 Å². The van der Waals surface area contributed by atoms with Crippen LogP contribution >= 0.6 is 0 Å². The lowest BCUT2D eigenvalue weighted by molar-refractivity contribution is 0.153. The largest absolute Gasteiger partial charge is 0.494 e. The van der Waals surface area contributed by atoms with Gasteiger partial charge in [0.2, 0.25) is 0 Å². The van der Waals surface area contributed by atoms with E-state index in [9.17, 15) is 0 Å². The third-order valence-corrected chi connectivity index (χ3v) is 4.87. The SMILES string of the molecule is CCOc1ccc(CCCN2CCN(C)CC2)cc1Cn1ccnc1. The summed E-state index contributed by atoms with van der Waals surface area (Å²) in [6, 6.07) is 6.64. The standard InChI is InChI=1S/C20H30N4O/c1-3-25-20-7-6-18(15-19(20)16-24-10-8-21-17-24)5-4-9-23-13-11-22(2)12-14-23/h6-8,10,15,17H,3-5,9,11-14,16H2,1-2H3. The molecule has 1 aromatic carbocycles. The summed E-state index contributed by atoms with van der Waals surface area (Å²) in [4.78, 5) is 9.13. The Morgan fingerprint density at radius 3 is 2.72 bits per heavy atom. The molecule has 2 aromatic rings. The first kappa shape index (κ1) is 18.0.